The second-order valence-electron chi connectivity index (χ2n) is 6.53. The summed E-state index contributed by atoms with van der Waals surface area (Å²) in [7, 11) is 0. The van der Waals surface area contributed by atoms with Gasteiger partial charge in [-0.15, -0.1) is 0 Å². The summed E-state index contributed by atoms with van der Waals surface area (Å²) in [6.07, 6.45) is 5.49. The van der Waals surface area contributed by atoms with E-state index in [9.17, 15) is 10.1 Å². The molecule has 1 aromatic heterocycles. The molecule has 0 N–H and O–H groups in total. The number of oxazole rings is 1. The van der Waals surface area contributed by atoms with Crippen molar-refractivity contribution in [1.82, 2.24) is 9.88 Å². The number of rotatable bonds is 3. The second-order valence-corrected chi connectivity index (χ2v) is 6.53. The first-order valence-electron chi connectivity index (χ1n) is 8.21. The van der Waals surface area contributed by atoms with Gasteiger partial charge in [-0.05, 0) is 25.7 Å². The van der Waals surface area contributed by atoms with Crippen molar-refractivity contribution in [3.63, 3.8) is 0 Å². The normalized spacial score (nSPS) is 22.3. The Morgan fingerprint density at radius 2 is 1.91 bits per heavy atom. The number of carbonyl (C=O) groups is 1. The van der Waals surface area contributed by atoms with Crippen molar-refractivity contribution in [3.8, 4) is 6.07 Å². The highest BCUT2D eigenvalue weighted by Gasteiger charge is 2.34. The molecule has 0 unspecified atom stereocenters. The monoisotopic (exact) mass is 300 g/mol. The number of hydrogen-bond donors (Lipinski definition) is 0. The van der Waals surface area contributed by atoms with Crippen LogP contribution in [-0.2, 0) is 4.79 Å². The molecule has 0 atom stereocenters. The van der Waals surface area contributed by atoms with E-state index >= 15 is 0 Å². The van der Waals surface area contributed by atoms with Crippen molar-refractivity contribution < 1.29 is 9.21 Å². The molecule has 3 aliphatic rings. The highest BCUT2D eigenvalue weighted by Crippen LogP contribution is 2.41. The van der Waals surface area contributed by atoms with Gasteiger partial charge < -0.3 is 14.2 Å². The van der Waals surface area contributed by atoms with Crippen LogP contribution in [0.1, 0.15) is 49.6 Å². The number of hydrogen-bond acceptors (Lipinski definition) is 5. The average Bonchev–Trinajstić information content (AvgIpc) is 3.25. The quantitative estimate of drug-likeness (QED) is 0.852. The van der Waals surface area contributed by atoms with E-state index in [0.29, 0.717) is 55.5 Å². The average molecular weight is 300 g/mol. The number of nitriles is 1. The molecule has 2 saturated carbocycles. The van der Waals surface area contributed by atoms with E-state index in [1.807, 2.05) is 4.90 Å². The van der Waals surface area contributed by atoms with Crippen molar-refractivity contribution in [2.45, 2.75) is 38.0 Å². The zero-order valence-electron chi connectivity index (χ0n) is 12.6. The third-order valence-electron chi connectivity index (χ3n) is 4.99. The van der Waals surface area contributed by atoms with Gasteiger partial charge in [0.05, 0.1) is 0 Å². The fourth-order valence-electron chi connectivity index (χ4n) is 3.16. The Morgan fingerprint density at radius 1 is 1.18 bits per heavy atom. The highest BCUT2D eigenvalue weighted by molar-refractivity contribution is 5.79. The minimum atomic E-state index is 0.257. The molecule has 2 aliphatic carbocycles. The van der Waals surface area contributed by atoms with Crippen molar-refractivity contribution in [2.24, 2.45) is 5.92 Å². The fourth-order valence-corrected chi connectivity index (χ4v) is 3.16. The summed E-state index contributed by atoms with van der Waals surface area (Å²) < 4.78 is 5.83. The molecule has 22 heavy (non-hydrogen) atoms. The van der Waals surface area contributed by atoms with Gasteiger partial charge in [-0.25, -0.2) is 4.98 Å². The van der Waals surface area contributed by atoms with Crippen LogP contribution < -0.4 is 4.90 Å². The number of anilines is 1. The Balaban J connectivity index is 1.42. The highest BCUT2D eigenvalue weighted by atomic mass is 16.4. The minimum Gasteiger partial charge on any atom is -0.423 e. The SMILES string of the molecule is N#Cc1nc(C2CC2)oc1N1CCN(C(=O)C2CCC2)CC1. The van der Waals surface area contributed by atoms with Gasteiger partial charge in [-0.3, -0.25) is 4.79 Å². The molecule has 1 saturated heterocycles. The molecule has 6 nitrogen and oxygen atoms in total. The molecule has 2 heterocycles. The molecule has 0 radical (unpaired) electrons. The Labute approximate surface area is 129 Å². The molecule has 0 spiro atoms. The lowest BCUT2D eigenvalue weighted by Gasteiger charge is -2.38. The van der Waals surface area contributed by atoms with Crippen LogP contribution >= 0.6 is 0 Å². The summed E-state index contributed by atoms with van der Waals surface area (Å²) in [6.45, 7) is 2.85. The number of nitrogens with zero attached hydrogens (tertiary/aromatic N) is 4. The Morgan fingerprint density at radius 3 is 2.45 bits per heavy atom. The Bertz CT molecular complexity index is 617. The van der Waals surface area contributed by atoms with E-state index in [2.05, 4.69) is 16.0 Å². The van der Waals surface area contributed by atoms with E-state index in [1.165, 1.54) is 6.42 Å². The molecule has 1 aliphatic heterocycles. The number of aromatic nitrogens is 1. The topological polar surface area (TPSA) is 73.4 Å². The Hall–Kier alpha value is -2.03. The maximum atomic E-state index is 12.3. The minimum absolute atomic E-state index is 0.257. The molecule has 3 fully saturated rings. The number of carbonyl (C=O) groups excluding carboxylic acids is 1. The molecule has 0 aromatic carbocycles. The smallest absolute Gasteiger partial charge is 0.234 e. The van der Waals surface area contributed by atoms with Crippen LogP contribution in [-0.4, -0.2) is 42.0 Å². The van der Waals surface area contributed by atoms with Crippen LogP contribution in [0.2, 0.25) is 0 Å². The molecule has 0 bridgehead atoms. The third kappa shape index (κ3) is 2.35. The maximum Gasteiger partial charge on any atom is 0.234 e. The summed E-state index contributed by atoms with van der Waals surface area (Å²) >= 11 is 0. The second kappa shape index (κ2) is 5.31. The van der Waals surface area contributed by atoms with E-state index in [4.69, 9.17) is 4.42 Å². The van der Waals surface area contributed by atoms with Crippen LogP contribution in [0.15, 0.2) is 4.42 Å². The molecule has 1 amide bonds. The van der Waals surface area contributed by atoms with Crippen molar-refractivity contribution in [2.75, 3.05) is 31.1 Å². The zero-order chi connectivity index (χ0) is 15.1. The first-order valence-corrected chi connectivity index (χ1v) is 8.21. The van der Waals surface area contributed by atoms with Gasteiger partial charge in [-0.2, -0.15) is 5.26 Å². The van der Waals surface area contributed by atoms with E-state index in [-0.39, 0.29) is 5.92 Å². The van der Waals surface area contributed by atoms with Crippen LogP contribution in [0.5, 0.6) is 0 Å². The van der Waals surface area contributed by atoms with Gasteiger partial charge in [0.2, 0.25) is 23.4 Å². The first kappa shape index (κ1) is 13.6. The summed E-state index contributed by atoms with van der Waals surface area (Å²) in [4.78, 5) is 20.6. The van der Waals surface area contributed by atoms with Gasteiger partial charge >= 0.3 is 0 Å². The maximum absolute atomic E-state index is 12.3. The molecule has 1 aromatic rings. The lowest BCUT2D eigenvalue weighted by atomic mass is 9.84. The van der Waals surface area contributed by atoms with E-state index in [0.717, 1.165) is 25.7 Å². The third-order valence-corrected chi connectivity index (χ3v) is 4.99. The summed E-state index contributed by atoms with van der Waals surface area (Å²) in [5.41, 5.74) is 0.390. The van der Waals surface area contributed by atoms with Crippen LogP contribution in [0, 0.1) is 17.2 Å². The van der Waals surface area contributed by atoms with Crippen molar-refractivity contribution in [1.29, 1.82) is 5.26 Å². The summed E-state index contributed by atoms with van der Waals surface area (Å²) in [5.74, 6) is 2.28. The first-order chi connectivity index (χ1) is 10.8. The predicted octanol–water partition coefficient (Wildman–Crippen LogP) is 1.87. The number of amides is 1. The molecule has 6 heteroatoms. The van der Waals surface area contributed by atoms with Gasteiger partial charge in [0.25, 0.3) is 0 Å². The van der Waals surface area contributed by atoms with Crippen LogP contribution in [0.25, 0.3) is 0 Å². The largest absolute Gasteiger partial charge is 0.423 e. The summed E-state index contributed by atoms with van der Waals surface area (Å²) in [6, 6.07) is 2.14. The molecular weight excluding hydrogens is 280 g/mol. The predicted molar refractivity (Wildman–Crippen MR) is 79.3 cm³/mol. The van der Waals surface area contributed by atoms with E-state index < -0.39 is 0 Å². The van der Waals surface area contributed by atoms with Crippen LogP contribution in [0.4, 0.5) is 5.88 Å². The lowest BCUT2D eigenvalue weighted by Crippen LogP contribution is -2.51. The molecular formula is C16H20N4O2. The van der Waals surface area contributed by atoms with Gasteiger partial charge in [0, 0.05) is 38.0 Å². The van der Waals surface area contributed by atoms with Crippen molar-refractivity contribution in [3.05, 3.63) is 11.6 Å². The van der Waals surface area contributed by atoms with Crippen molar-refractivity contribution >= 4 is 11.8 Å². The standard InChI is InChI=1S/C16H20N4O2/c17-10-13-16(22-14(18-13)11-4-5-11)20-8-6-19(7-9-20)15(21)12-2-1-3-12/h11-12H,1-9H2. The van der Waals surface area contributed by atoms with Gasteiger partial charge in [0.15, 0.2) is 0 Å². The summed E-state index contributed by atoms with van der Waals surface area (Å²) in [5, 5.41) is 9.25. The Kier molecular flexibility index (Phi) is 3.29. The van der Waals surface area contributed by atoms with E-state index in [1.54, 1.807) is 0 Å². The number of piperazine rings is 1. The fraction of sp³-hybridized carbons (Fsp3) is 0.688. The molecule has 116 valence electrons. The van der Waals surface area contributed by atoms with Gasteiger partial charge in [-0.1, -0.05) is 6.42 Å². The van der Waals surface area contributed by atoms with Gasteiger partial charge in [0.1, 0.15) is 6.07 Å². The zero-order valence-corrected chi connectivity index (χ0v) is 12.6. The molecule has 4 rings (SSSR count). The lowest BCUT2D eigenvalue weighted by molar-refractivity contribution is -0.138. The van der Waals surface area contributed by atoms with Crippen LogP contribution in [0.3, 0.4) is 0 Å².